The Morgan fingerprint density at radius 3 is 2.67 bits per heavy atom. The van der Waals surface area contributed by atoms with Crippen molar-refractivity contribution < 1.29 is 14.0 Å². The molecule has 1 N–H and O–H groups in total. The lowest BCUT2D eigenvalue weighted by Crippen LogP contribution is -2.53. The molecule has 0 bridgehead atoms. The number of nitrogens with zero attached hydrogens (tertiary/aromatic N) is 2. The summed E-state index contributed by atoms with van der Waals surface area (Å²) < 4.78 is 13.9. The van der Waals surface area contributed by atoms with Gasteiger partial charge in [-0.05, 0) is 30.9 Å². The molecule has 24 heavy (non-hydrogen) atoms. The number of piperidine rings is 1. The number of hydrogen-bond acceptors (Lipinski definition) is 3. The van der Waals surface area contributed by atoms with Crippen LogP contribution in [-0.4, -0.2) is 48.4 Å². The zero-order valence-corrected chi connectivity index (χ0v) is 14.2. The van der Waals surface area contributed by atoms with E-state index in [-0.39, 0.29) is 35.6 Å². The fourth-order valence-corrected chi connectivity index (χ4v) is 3.68. The molecule has 130 valence electrons. The van der Waals surface area contributed by atoms with Crippen LogP contribution in [0.5, 0.6) is 0 Å². The van der Waals surface area contributed by atoms with E-state index in [0.717, 1.165) is 13.0 Å². The molecule has 0 unspecified atom stereocenters. The van der Waals surface area contributed by atoms with Crippen LogP contribution in [0.2, 0.25) is 0 Å². The Hall–Kier alpha value is -1.95. The van der Waals surface area contributed by atoms with E-state index in [4.69, 9.17) is 0 Å². The van der Waals surface area contributed by atoms with Gasteiger partial charge in [-0.3, -0.25) is 9.59 Å². The molecule has 3 rings (SSSR count). The largest absolute Gasteiger partial charge is 0.343 e. The maximum absolute atomic E-state index is 13.9. The van der Waals surface area contributed by atoms with Gasteiger partial charge in [-0.25, -0.2) is 4.39 Å². The number of halogens is 1. The zero-order chi connectivity index (χ0) is 17.3. The Bertz CT molecular complexity index is 636. The van der Waals surface area contributed by atoms with Gasteiger partial charge in [0.15, 0.2) is 0 Å². The fraction of sp³-hybridized carbons (Fsp3) is 0.556. The summed E-state index contributed by atoms with van der Waals surface area (Å²) in [6, 6.07) is 6.31. The van der Waals surface area contributed by atoms with Crippen molar-refractivity contribution >= 4 is 17.5 Å². The van der Waals surface area contributed by atoms with Crippen molar-refractivity contribution in [3.63, 3.8) is 0 Å². The molecule has 3 atom stereocenters. The average molecular weight is 333 g/mol. The second-order valence-corrected chi connectivity index (χ2v) is 6.79. The molecule has 6 heteroatoms. The highest BCUT2D eigenvalue weighted by Gasteiger charge is 2.37. The first-order valence-corrected chi connectivity index (χ1v) is 8.55. The molecule has 1 aromatic carbocycles. The number of likely N-dealkylation sites (tertiary alicyclic amines) is 1. The third-order valence-electron chi connectivity index (χ3n) is 5.11. The van der Waals surface area contributed by atoms with E-state index in [1.165, 1.54) is 11.0 Å². The number of para-hydroxylation sites is 1. The van der Waals surface area contributed by atoms with Crippen molar-refractivity contribution in [1.82, 2.24) is 10.2 Å². The van der Waals surface area contributed by atoms with E-state index < -0.39 is 0 Å². The number of nitrogens with one attached hydrogen (secondary N) is 1. The summed E-state index contributed by atoms with van der Waals surface area (Å²) in [5, 5.41) is 3.44. The van der Waals surface area contributed by atoms with Crippen LogP contribution in [-0.2, 0) is 9.59 Å². The van der Waals surface area contributed by atoms with Crippen LogP contribution < -0.4 is 10.2 Å². The summed E-state index contributed by atoms with van der Waals surface area (Å²) in [5.41, 5.74) is 0.353. The predicted octanol–water partition coefficient (Wildman–Crippen LogP) is 1.78. The highest BCUT2D eigenvalue weighted by Crippen LogP contribution is 2.26. The lowest BCUT2D eigenvalue weighted by molar-refractivity contribution is -0.131. The Balaban J connectivity index is 1.62. The number of carbonyl (C=O) groups is 2. The van der Waals surface area contributed by atoms with Crippen LogP contribution in [0, 0.1) is 11.7 Å². The molecular weight excluding hydrogens is 309 g/mol. The van der Waals surface area contributed by atoms with Gasteiger partial charge in [0.25, 0.3) is 0 Å². The Morgan fingerprint density at radius 2 is 2.00 bits per heavy atom. The standard InChI is InChI=1S/C18H24FN3O2/c1-12-11-21(13(2)23)9-7-15(12)20-16-8-10-22(18(16)24)17-6-4-3-5-14(17)19/h3-6,12,15-16,20H,7-11H2,1-2H3/t12-,15+,16+/m1/s1. The molecule has 0 spiro atoms. The van der Waals surface area contributed by atoms with Crippen LogP contribution in [0.1, 0.15) is 26.7 Å². The molecule has 0 aliphatic carbocycles. The highest BCUT2D eigenvalue weighted by molar-refractivity contribution is 5.99. The van der Waals surface area contributed by atoms with E-state index >= 15 is 0 Å². The number of amides is 2. The van der Waals surface area contributed by atoms with Gasteiger partial charge in [0, 0.05) is 32.6 Å². The first-order valence-electron chi connectivity index (χ1n) is 8.55. The van der Waals surface area contributed by atoms with E-state index in [1.54, 1.807) is 25.1 Å². The van der Waals surface area contributed by atoms with Crippen molar-refractivity contribution in [2.75, 3.05) is 24.5 Å². The maximum Gasteiger partial charge on any atom is 0.244 e. The number of benzene rings is 1. The van der Waals surface area contributed by atoms with Crippen LogP contribution in [0.25, 0.3) is 0 Å². The third-order valence-corrected chi connectivity index (χ3v) is 5.11. The van der Waals surface area contributed by atoms with Crippen LogP contribution in [0.4, 0.5) is 10.1 Å². The number of anilines is 1. The van der Waals surface area contributed by atoms with Gasteiger partial charge in [0.2, 0.25) is 11.8 Å². The molecule has 2 saturated heterocycles. The van der Waals surface area contributed by atoms with Crippen molar-refractivity contribution in [3.8, 4) is 0 Å². The first-order chi connectivity index (χ1) is 11.5. The summed E-state index contributed by atoms with van der Waals surface area (Å²) in [6.45, 7) is 5.65. The maximum atomic E-state index is 13.9. The summed E-state index contributed by atoms with van der Waals surface area (Å²) in [5.74, 6) is -0.0446. The summed E-state index contributed by atoms with van der Waals surface area (Å²) in [7, 11) is 0. The summed E-state index contributed by atoms with van der Waals surface area (Å²) in [6.07, 6.45) is 1.51. The minimum atomic E-state index is -0.366. The normalized spacial score (nSPS) is 27.6. The molecule has 5 nitrogen and oxygen atoms in total. The van der Waals surface area contributed by atoms with Gasteiger partial charge in [0.1, 0.15) is 5.82 Å². The first kappa shape index (κ1) is 16.9. The van der Waals surface area contributed by atoms with Crippen LogP contribution in [0.3, 0.4) is 0 Å². The fourth-order valence-electron chi connectivity index (χ4n) is 3.68. The Morgan fingerprint density at radius 1 is 1.25 bits per heavy atom. The van der Waals surface area contributed by atoms with Crippen molar-refractivity contribution in [3.05, 3.63) is 30.1 Å². The average Bonchev–Trinajstić information content (AvgIpc) is 2.90. The van der Waals surface area contributed by atoms with Crippen molar-refractivity contribution in [2.24, 2.45) is 5.92 Å². The number of rotatable bonds is 3. The van der Waals surface area contributed by atoms with Gasteiger partial charge in [-0.2, -0.15) is 0 Å². The molecule has 2 amide bonds. The predicted molar refractivity (Wildman–Crippen MR) is 90.1 cm³/mol. The second kappa shape index (κ2) is 6.89. The quantitative estimate of drug-likeness (QED) is 0.917. The molecule has 1 aromatic rings. The highest BCUT2D eigenvalue weighted by atomic mass is 19.1. The number of hydrogen-bond donors (Lipinski definition) is 1. The minimum Gasteiger partial charge on any atom is -0.343 e. The van der Waals surface area contributed by atoms with Crippen LogP contribution in [0.15, 0.2) is 24.3 Å². The lowest BCUT2D eigenvalue weighted by atomic mass is 9.93. The smallest absolute Gasteiger partial charge is 0.244 e. The van der Waals surface area contributed by atoms with Gasteiger partial charge < -0.3 is 15.1 Å². The monoisotopic (exact) mass is 333 g/mol. The molecule has 0 radical (unpaired) electrons. The SMILES string of the molecule is CC(=O)N1CC[C@H](N[C@H]2CCN(c3ccccc3F)C2=O)[C@H](C)C1. The van der Waals surface area contributed by atoms with E-state index in [1.807, 2.05) is 4.90 Å². The molecule has 0 aromatic heterocycles. The molecule has 2 heterocycles. The van der Waals surface area contributed by atoms with E-state index in [2.05, 4.69) is 12.2 Å². The molecular formula is C18H24FN3O2. The van der Waals surface area contributed by atoms with Gasteiger partial charge >= 0.3 is 0 Å². The molecule has 2 aliphatic heterocycles. The van der Waals surface area contributed by atoms with Gasteiger partial charge in [-0.1, -0.05) is 19.1 Å². The Labute approximate surface area is 141 Å². The lowest BCUT2D eigenvalue weighted by Gasteiger charge is -2.38. The van der Waals surface area contributed by atoms with Gasteiger partial charge in [-0.15, -0.1) is 0 Å². The molecule has 2 aliphatic rings. The van der Waals surface area contributed by atoms with Crippen molar-refractivity contribution in [2.45, 2.75) is 38.8 Å². The Kier molecular flexibility index (Phi) is 4.85. The third kappa shape index (κ3) is 3.29. The minimum absolute atomic E-state index is 0.0682. The van der Waals surface area contributed by atoms with E-state index in [0.29, 0.717) is 25.2 Å². The summed E-state index contributed by atoms with van der Waals surface area (Å²) in [4.78, 5) is 27.5. The van der Waals surface area contributed by atoms with E-state index in [9.17, 15) is 14.0 Å². The zero-order valence-electron chi connectivity index (χ0n) is 14.2. The van der Waals surface area contributed by atoms with Crippen LogP contribution >= 0.6 is 0 Å². The van der Waals surface area contributed by atoms with Crippen molar-refractivity contribution in [1.29, 1.82) is 0 Å². The molecule has 0 saturated carbocycles. The number of carbonyl (C=O) groups excluding carboxylic acids is 2. The molecule has 2 fully saturated rings. The second-order valence-electron chi connectivity index (χ2n) is 6.79. The summed E-state index contributed by atoms with van der Waals surface area (Å²) >= 11 is 0. The topological polar surface area (TPSA) is 52.7 Å². The van der Waals surface area contributed by atoms with Gasteiger partial charge in [0.05, 0.1) is 11.7 Å².